The first kappa shape index (κ1) is 9.51. The maximum absolute atomic E-state index is 12.4. The molecule has 0 aromatic carbocycles. The summed E-state index contributed by atoms with van der Waals surface area (Å²) in [6.07, 6.45) is -1.56. The number of hydrogen-bond acceptors (Lipinski definition) is 6. The van der Waals surface area contributed by atoms with Gasteiger partial charge in [0.25, 0.3) is 6.48 Å². The quantitative estimate of drug-likeness (QED) is 0.633. The van der Waals surface area contributed by atoms with Gasteiger partial charge in [0, 0.05) is 0 Å². The van der Waals surface area contributed by atoms with Crippen LogP contribution in [0.15, 0.2) is 0 Å². The Labute approximate surface area is 73.5 Å². The molecule has 2 unspecified atom stereocenters. The third-order valence-electron chi connectivity index (χ3n) is 1.42. The van der Waals surface area contributed by atoms with Crippen LogP contribution in [0.2, 0.25) is 0 Å². The average Bonchev–Trinajstić information content (AvgIpc) is 2.62. The molecule has 2 heterocycles. The summed E-state index contributed by atoms with van der Waals surface area (Å²) < 4.78 is 46.8. The second-order valence-corrected chi connectivity index (χ2v) is 4.01. The minimum Gasteiger partial charge on any atom is -0.324 e. The fraction of sp³-hybridized carbons (Fsp3) is 1.00. The smallest absolute Gasteiger partial charge is 0.324 e. The van der Waals surface area contributed by atoms with Crippen LogP contribution in [0.4, 0.5) is 4.39 Å². The molecule has 2 atom stereocenters. The minimum absolute atomic E-state index is 0.184. The molecule has 0 aliphatic carbocycles. The van der Waals surface area contributed by atoms with Crippen molar-refractivity contribution in [2.75, 3.05) is 19.8 Å². The van der Waals surface area contributed by atoms with Gasteiger partial charge in [-0.05, 0) is 0 Å². The van der Waals surface area contributed by atoms with Gasteiger partial charge in [0.15, 0.2) is 0 Å². The second kappa shape index (κ2) is 3.61. The highest BCUT2D eigenvalue weighted by molar-refractivity contribution is 7.48. The lowest BCUT2D eigenvalue weighted by molar-refractivity contribution is -0.205. The van der Waals surface area contributed by atoms with Crippen molar-refractivity contribution in [3.8, 4) is 0 Å². The van der Waals surface area contributed by atoms with E-state index in [2.05, 4.69) is 23.0 Å². The Kier molecular flexibility index (Phi) is 2.64. The van der Waals surface area contributed by atoms with Crippen molar-refractivity contribution in [2.45, 2.75) is 12.8 Å². The van der Waals surface area contributed by atoms with Crippen molar-refractivity contribution in [3.63, 3.8) is 0 Å². The van der Waals surface area contributed by atoms with E-state index in [1.54, 1.807) is 0 Å². The van der Waals surface area contributed by atoms with E-state index < -0.39 is 20.7 Å². The van der Waals surface area contributed by atoms with Crippen molar-refractivity contribution >= 4 is 7.82 Å². The molecule has 2 fully saturated rings. The van der Waals surface area contributed by atoms with Crippen molar-refractivity contribution in [2.24, 2.45) is 0 Å². The zero-order chi connectivity index (χ0) is 9.31. The number of phosphoric ester groups is 1. The Morgan fingerprint density at radius 3 is 2.62 bits per heavy atom. The lowest BCUT2D eigenvalue weighted by Crippen LogP contribution is -2.12. The molecular formula is C5H8FO6P. The van der Waals surface area contributed by atoms with Crippen LogP contribution in [0.25, 0.3) is 0 Å². The normalized spacial score (nSPS) is 38.2. The second-order valence-electron chi connectivity index (χ2n) is 2.39. The average molecular weight is 214 g/mol. The van der Waals surface area contributed by atoms with Crippen LogP contribution in [0.5, 0.6) is 0 Å². The summed E-state index contributed by atoms with van der Waals surface area (Å²) in [6, 6.07) is 0. The van der Waals surface area contributed by atoms with Crippen LogP contribution >= 0.6 is 7.82 Å². The molecule has 0 spiro atoms. The van der Waals surface area contributed by atoms with Crippen molar-refractivity contribution < 1.29 is 32.0 Å². The maximum atomic E-state index is 12.4. The number of halogens is 1. The number of ether oxygens (including phenoxy) is 2. The monoisotopic (exact) mass is 214 g/mol. The Balaban J connectivity index is 1.87. The summed E-state index contributed by atoms with van der Waals surface area (Å²) in [5.74, 6) is 0. The van der Waals surface area contributed by atoms with Crippen LogP contribution in [0.1, 0.15) is 0 Å². The molecular weight excluding hydrogens is 206 g/mol. The Bertz CT molecular complexity index is 225. The predicted octanol–water partition coefficient (Wildman–Crippen LogP) is 0.784. The van der Waals surface area contributed by atoms with Gasteiger partial charge in [0.2, 0.25) is 6.36 Å². The lowest BCUT2D eigenvalue weighted by atomic mass is 10.8. The van der Waals surface area contributed by atoms with E-state index in [4.69, 9.17) is 0 Å². The van der Waals surface area contributed by atoms with Gasteiger partial charge in [-0.15, -0.1) is 0 Å². The van der Waals surface area contributed by atoms with Gasteiger partial charge in [-0.3, -0.25) is 13.8 Å². The first-order valence-electron chi connectivity index (χ1n) is 3.67. The lowest BCUT2D eigenvalue weighted by Gasteiger charge is -2.13. The van der Waals surface area contributed by atoms with Gasteiger partial charge in [0.1, 0.15) is 6.61 Å². The van der Waals surface area contributed by atoms with E-state index in [1.807, 2.05) is 0 Å². The molecule has 8 heteroatoms. The summed E-state index contributed by atoms with van der Waals surface area (Å²) in [5, 5.41) is 0. The molecule has 0 aromatic rings. The first-order chi connectivity index (χ1) is 6.18. The third-order valence-corrected chi connectivity index (χ3v) is 2.85. The molecule has 0 saturated carbocycles. The van der Waals surface area contributed by atoms with Crippen LogP contribution in [0, 0.1) is 0 Å². The Hall–Kier alpha value is -0.0400. The van der Waals surface area contributed by atoms with Crippen LogP contribution < -0.4 is 0 Å². The molecule has 6 nitrogen and oxygen atoms in total. The molecule has 0 aromatic heterocycles. The van der Waals surface area contributed by atoms with E-state index in [0.29, 0.717) is 0 Å². The molecule has 2 aliphatic rings. The zero-order valence-electron chi connectivity index (χ0n) is 6.55. The largest absolute Gasteiger partial charge is 0.479 e. The highest BCUT2D eigenvalue weighted by atomic mass is 31.2. The fourth-order valence-electron chi connectivity index (χ4n) is 0.910. The molecule has 0 radical (unpaired) electrons. The van der Waals surface area contributed by atoms with E-state index in [1.165, 1.54) is 0 Å². The van der Waals surface area contributed by atoms with Gasteiger partial charge < -0.3 is 4.74 Å². The maximum Gasteiger partial charge on any atom is 0.479 e. The van der Waals surface area contributed by atoms with Gasteiger partial charge in [0.05, 0.1) is 13.2 Å². The van der Waals surface area contributed by atoms with Crippen molar-refractivity contribution in [3.05, 3.63) is 0 Å². The Morgan fingerprint density at radius 2 is 2.08 bits per heavy atom. The van der Waals surface area contributed by atoms with Crippen molar-refractivity contribution in [1.82, 2.24) is 0 Å². The molecule has 2 aliphatic heterocycles. The highest BCUT2D eigenvalue weighted by Gasteiger charge is 2.39. The van der Waals surface area contributed by atoms with Crippen LogP contribution in [-0.2, 0) is 27.6 Å². The predicted molar refractivity (Wildman–Crippen MR) is 36.3 cm³/mol. The number of hydrogen-bond donors (Lipinski definition) is 0. The first-order valence-corrected chi connectivity index (χ1v) is 5.13. The Morgan fingerprint density at radius 1 is 1.38 bits per heavy atom. The molecule has 2 saturated heterocycles. The molecule has 0 N–H and O–H groups in total. The fourth-order valence-corrected chi connectivity index (χ4v) is 2.02. The molecule has 0 amide bonds. The van der Waals surface area contributed by atoms with E-state index in [-0.39, 0.29) is 19.8 Å². The van der Waals surface area contributed by atoms with Gasteiger partial charge in [-0.25, -0.2) is 13.5 Å². The number of phosphoric acid groups is 1. The summed E-state index contributed by atoms with van der Waals surface area (Å²) in [6.45, 7) is -1.18. The van der Waals surface area contributed by atoms with E-state index in [9.17, 15) is 8.96 Å². The van der Waals surface area contributed by atoms with Gasteiger partial charge in [-0.1, -0.05) is 0 Å². The van der Waals surface area contributed by atoms with Gasteiger partial charge >= 0.3 is 7.82 Å². The van der Waals surface area contributed by atoms with Crippen molar-refractivity contribution in [1.29, 1.82) is 0 Å². The minimum atomic E-state index is -3.56. The summed E-state index contributed by atoms with van der Waals surface area (Å²) in [4.78, 5) is 0. The number of rotatable bonds is 2. The van der Waals surface area contributed by atoms with Crippen LogP contribution in [0.3, 0.4) is 0 Å². The third kappa shape index (κ3) is 2.25. The molecule has 13 heavy (non-hydrogen) atoms. The SMILES string of the molecule is O=P1(OC2OCC(F)O2)OCCO1. The summed E-state index contributed by atoms with van der Waals surface area (Å²) in [5.41, 5.74) is 0. The summed E-state index contributed by atoms with van der Waals surface area (Å²) >= 11 is 0. The molecule has 76 valence electrons. The van der Waals surface area contributed by atoms with Gasteiger partial charge in [-0.2, -0.15) is 0 Å². The number of alkyl halides is 1. The highest BCUT2D eigenvalue weighted by Crippen LogP contribution is 2.54. The van der Waals surface area contributed by atoms with E-state index in [0.717, 1.165) is 0 Å². The van der Waals surface area contributed by atoms with Crippen LogP contribution in [-0.4, -0.2) is 32.7 Å². The standard InChI is InChI=1S/C5H8FO6P/c6-4-3-8-5(11-4)12-13(7)9-1-2-10-13/h4-5H,1-3H2. The van der Waals surface area contributed by atoms with E-state index >= 15 is 0 Å². The summed E-state index contributed by atoms with van der Waals surface area (Å²) in [7, 11) is -3.56. The zero-order valence-corrected chi connectivity index (χ0v) is 7.45. The molecule has 2 rings (SSSR count). The topological polar surface area (TPSA) is 63.2 Å². The molecule has 0 bridgehead atoms.